The molecule has 0 amide bonds. The molecule has 1 aromatic heterocycles. The maximum atomic E-state index is 5.91. The molecule has 100 valence electrons. The Hall–Kier alpha value is -1.04. The van der Waals surface area contributed by atoms with Gasteiger partial charge in [-0.05, 0) is 20.9 Å². The number of nitrogens with two attached hydrogens (primary N) is 1. The molecule has 2 N–H and O–H groups in total. The minimum atomic E-state index is 0.279. The van der Waals surface area contributed by atoms with Crippen molar-refractivity contribution in [2.45, 2.75) is 25.9 Å². The lowest BCUT2D eigenvalue weighted by Gasteiger charge is -2.42. The fourth-order valence-electron chi connectivity index (χ4n) is 2.73. The quantitative estimate of drug-likeness (QED) is 0.841. The molecule has 18 heavy (non-hydrogen) atoms. The average Bonchev–Trinajstić information content (AvgIpc) is 2.38. The van der Waals surface area contributed by atoms with Crippen molar-refractivity contribution < 1.29 is 0 Å². The van der Waals surface area contributed by atoms with Gasteiger partial charge in [-0.25, -0.2) is 0 Å². The number of hydrogen-bond donors (Lipinski definition) is 1. The van der Waals surface area contributed by atoms with E-state index in [-0.39, 0.29) is 6.04 Å². The predicted molar refractivity (Wildman–Crippen MR) is 72.2 cm³/mol. The number of rotatable bonds is 3. The smallest absolute Gasteiger partial charge is 0.0784 e. The molecule has 2 rings (SSSR count). The minimum Gasteiger partial charge on any atom is -0.329 e. The highest BCUT2D eigenvalue weighted by Gasteiger charge is 2.29. The van der Waals surface area contributed by atoms with Crippen molar-refractivity contribution in [1.82, 2.24) is 19.8 Å². The number of aromatic nitrogens is 2. The maximum absolute atomic E-state index is 5.91. The van der Waals surface area contributed by atoms with E-state index in [1.165, 1.54) is 0 Å². The van der Waals surface area contributed by atoms with Crippen LogP contribution >= 0.6 is 0 Å². The topological polar surface area (TPSA) is 58.3 Å². The monoisotopic (exact) mass is 249 g/mol. The lowest BCUT2D eigenvalue weighted by atomic mass is 10.1. The molecule has 1 fully saturated rings. The molecular weight excluding hydrogens is 226 g/mol. The van der Waals surface area contributed by atoms with E-state index in [1.807, 2.05) is 6.92 Å². The molecule has 0 saturated carbocycles. The van der Waals surface area contributed by atoms with E-state index >= 15 is 0 Å². The lowest BCUT2D eigenvalue weighted by molar-refractivity contribution is 0.0602. The molecular formula is C13H23N5. The zero-order chi connectivity index (χ0) is 13.1. The van der Waals surface area contributed by atoms with Crippen LogP contribution in [0.25, 0.3) is 0 Å². The summed E-state index contributed by atoms with van der Waals surface area (Å²) in [7, 11) is 2.15. The van der Waals surface area contributed by atoms with Gasteiger partial charge in [-0.2, -0.15) is 0 Å². The van der Waals surface area contributed by atoms with Crippen molar-refractivity contribution in [3.05, 3.63) is 23.8 Å². The van der Waals surface area contributed by atoms with Gasteiger partial charge in [-0.3, -0.25) is 14.9 Å². The zero-order valence-corrected chi connectivity index (χ0v) is 11.5. The van der Waals surface area contributed by atoms with Crippen molar-refractivity contribution >= 4 is 0 Å². The molecule has 5 heteroatoms. The molecule has 0 spiro atoms. The second-order valence-corrected chi connectivity index (χ2v) is 5.09. The largest absolute Gasteiger partial charge is 0.329 e. The molecule has 1 aliphatic heterocycles. The van der Waals surface area contributed by atoms with Gasteiger partial charge < -0.3 is 10.6 Å². The van der Waals surface area contributed by atoms with Crippen molar-refractivity contribution in [1.29, 1.82) is 0 Å². The maximum Gasteiger partial charge on any atom is 0.0784 e. The number of nitrogens with zero attached hydrogens (tertiary/aromatic N) is 4. The Morgan fingerprint density at radius 3 is 2.78 bits per heavy atom. The predicted octanol–water partition coefficient (Wildman–Crippen LogP) is 0.421. The first-order valence-electron chi connectivity index (χ1n) is 6.55. The van der Waals surface area contributed by atoms with Crippen LogP contribution in [0.5, 0.6) is 0 Å². The molecule has 0 bridgehead atoms. The Balaban J connectivity index is 2.17. The summed E-state index contributed by atoms with van der Waals surface area (Å²) >= 11 is 0. The van der Waals surface area contributed by atoms with E-state index in [0.717, 1.165) is 31.0 Å². The van der Waals surface area contributed by atoms with Crippen LogP contribution in [0.3, 0.4) is 0 Å². The molecule has 1 aromatic rings. The van der Waals surface area contributed by atoms with Crippen molar-refractivity contribution in [2.24, 2.45) is 5.73 Å². The Morgan fingerprint density at radius 1 is 1.39 bits per heavy atom. The Labute approximate surface area is 109 Å². The summed E-state index contributed by atoms with van der Waals surface area (Å²) < 4.78 is 0. The highest BCUT2D eigenvalue weighted by molar-refractivity contribution is 5.13. The number of aryl methyl sites for hydroxylation is 1. The van der Waals surface area contributed by atoms with Gasteiger partial charge in [0.2, 0.25) is 0 Å². The molecule has 2 unspecified atom stereocenters. The second-order valence-electron chi connectivity index (χ2n) is 5.09. The number of likely N-dealkylation sites (N-methyl/N-ethyl adjacent to an activating group) is 1. The molecule has 1 saturated heterocycles. The van der Waals surface area contributed by atoms with Crippen LogP contribution in [0.1, 0.15) is 24.4 Å². The van der Waals surface area contributed by atoms with Gasteiger partial charge in [0.05, 0.1) is 17.4 Å². The van der Waals surface area contributed by atoms with Crippen molar-refractivity contribution in [3.63, 3.8) is 0 Å². The molecule has 2 atom stereocenters. The normalized spacial score (nSPS) is 24.1. The highest BCUT2D eigenvalue weighted by atomic mass is 15.3. The molecule has 2 heterocycles. The molecule has 0 aliphatic carbocycles. The van der Waals surface area contributed by atoms with Crippen LogP contribution < -0.4 is 5.73 Å². The SMILES string of the molecule is Cc1nccnc1C(C)N1CCN(C)CC1CN. The van der Waals surface area contributed by atoms with Crippen LogP contribution in [0.4, 0.5) is 0 Å². The summed E-state index contributed by atoms with van der Waals surface area (Å²) in [5.41, 5.74) is 7.99. The molecule has 0 radical (unpaired) electrons. The summed E-state index contributed by atoms with van der Waals surface area (Å²) in [6, 6.07) is 0.682. The number of piperazine rings is 1. The Kier molecular flexibility index (Phi) is 4.27. The van der Waals surface area contributed by atoms with Gasteiger partial charge >= 0.3 is 0 Å². The standard InChI is InChI=1S/C13H23N5/c1-10-13(16-5-4-15-10)11(2)18-7-6-17(3)9-12(18)8-14/h4-5,11-12H,6-9,14H2,1-3H3. The van der Waals surface area contributed by atoms with Gasteiger partial charge in [-0.15, -0.1) is 0 Å². The first kappa shape index (κ1) is 13.4. The van der Waals surface area contributed by atoms with Crippen LogP contribution in [0, 0.1) is 6.92 Å². The van der Waals surface area contributed by atoms with E-state index in [1.54, 1.807) is 12.4 Å². The van der Waals surface area contributed by atoms with E-state index in [2.05, 4.69) is 33.7 Å². The van der Waals surface area contributed by atoms with Crippen LogP contribution in [-0.4, -0.2) is 59.0 Å². The van der Waals surface area contributed by atoms with Crippen LogP contribution in [0.15, 0.2) is 12.4 Å². The van der Waals surface area contributed by atoms with Crippen molar-refractivity contribution in [2.75, 3.05) is 33.2 Å². The first-order chi connectivity index (χ1) is 8.63. The number of hydrogen-bond acceptors (Lipinski definition) is 5. The Bertz CT molecular complexity index is 395. The Morgan fingerprint density at radius 2 is 2.11 bits per heavy atom. The van der Waals surface area contributed by atoms with Crippen LogP contribution in [-0.2, 0) is 0 Å². The fourth-order valence-corrected chi connectivity index (χ4v) is 2.73. The highest BCUT2D eigenvalue weighted by Crippen LogP contribution is 2.24. The summed E-state index contributed by atoms with van der Waals surface area (Å²) in [5.74, 6) is 0. The third kappa shape index (κ3) is 2.68. The zero-order valence-electron chi connectivity index (χ0n) is 11.5. The average molecular weight is 249 g/mol. The third-order valence-electron chi connectivity index (χ3n) is 3.82. The van der Waals surface area contributed by atoms with E-state index in [4.69, 9.17) is 5.73 Å². The molecule has 1 aliphatic rings. The van der Waals surface area contributed by atoms with Crippen LogP contribution in [0.2, 0.25) is 0 Å². The second kappa shape index (κ2) is 5.73. The molecule has 5 nitrogen and oxygen atoms in total. The summed E-state index contributed by atoms with van der Waals surface area (Å²) in [4.78, 5) is 13.6. The first-order valence-corrected chi connectivity index (χ1v) is 6.55. The molecule has 0 aromatic carbocycles. The van der Waals surface area contributed by atoms with Crippen molar-refractivity contribution in [3.8, 4) is 0 Å². The third-order valence-corrected chi connectivity index (χ3v) is 3.82. The van der Waals surface area contributed by atoms with Gasteiger partial charge in [0.25, 0.3) is 0 Å². The van der Waals surface area contributed by atoms with E-state index < -0.39 is 0 Å². The van der Waals surface area contributed by atoms with Gasteiger partial charge in [0.15, 0.2) is 0 Å². The van der Waals surface area contributed by atoms with Gasteiger partial charge in [0.1, 0.15) is 0 Å². The van der Waals surface area contributed by atoms with E-state index in [0.29, 0.717) is 12.6 Å². The summed E-state index contributed by atoms with van der Waals surface area (Å²) in [6.45, 7) is 8.06. The fraction of sp³-hybridized carbons (Fsp3) is 0.692. The van der Waals surface area contributed by atoms with Gasteiger partial charge in [0, 0.05) is 44.6 Å². The van der Waals surface area contributed by atoms with E-state index in [9.17, 15) is 0 Å². The van der Waals surface area contributed by atoms with Gasteiger partial charge in [-0.1, -0.05) is 0 Å². The summed E-state index contributed by atoms with van der Waals surface area (Å²) in [6.07, 6.45) is 3.52. The lowest BCUT2D eigenvalue weighted by Crippen LogP contribution is -2.55. The summed E-state index contributed by atoms with van der Waals surface area (Å²) in [5, 5.41) is 0. The minimum absolute atomic E-state index is 0.279.